The van der Waals surface area contributed by atoms with Crippen LogP contribution in [0.1, 0.15) is 18.9 Å². The van der Waals surface area contributed by atoms with Crippen LogP contribution >= 0.6 is 0 Å². The summed E-state index contributed by atoms with van der Waals surface area (Å²) in [6, 6.07) is 19.1. The maximum absolute atomic E-state index is 12.7. The number of fused-ring (bicyclic) bond motifs is 1. The van der Waals surface area contributed by atoms with E-state index in [4.69, 9.17) is 19.0 Å². The van der Waals surface area contributed by atoms with Gasteiger partial charge in [0.2, 0.25) is 0 Å². The number of rotatable bonds is 10. The molecule has 8 heteroatoms. The van der Waals surface area contributed by atoms with E-state index < -0.39 is 5.91 Å². The van der Waals surface area contributed by atoms with Crippen LogP contribution < -0.4 is 10.1 Å². The van der Waals surface area contributed by atoms with Crippen LogP contribution in [0, 0.1) is 11.3 Å². The lowest BCUT2D eigenvalue weighted by Gasteiger charge is -2.04. The molecule has 0 unspecified atom stereocenters. The molecule has 0 spiro atoms. The SMILES string of the molecule is CCOCCCNC(=O)C(C#N)=Cc1cn(-c2ccccc2)nc1-c1cc2cccc(OC)c2o1. The largest absolute Gasteiger partial charge is 0.493 e. The molecular weight excluding hydrogens is 444 g/mol. The number of nitrogens with zero attached hydrogens (tertiary/aromatic N) is 3. The number of ether oxygens (including phenoxy) is 2. The van der Waals surface area contributed by atoms with Crippen molar-refractivity contribution in [2.24, 2.45) is 0 Å². The molecule has 35 heavy (non-hydrogen) atoms. The zero-order valence-electron chi connectivity index (χ0n) is 19.7. The highest BCUT2D eigenvalue weighted by atomic mass is 16.5. The molecule has 0 aliphatic heterocycles. The highest BCUT2D eigenvalue weighted by molar-refractivity contribution is 6.02. The number of nitriles is 1. The van der Waals surface area contributed by atoms with Gasteiger partial charge >= 0.3 is 0 Å². The number of amides is 1. The molecule has 0 fully saturated rings. The monoisotopic (exact) mass is 470 g/mol. The van der Waals surface area contributed by atoms with Crippen LogP contribution in [0.15, 0.2) is 70.8 Å². The van der Waals surface area contributed by atoms with Gasteiger partial charge in [0.1, 0.15) is 17.3 Å². The van der Waals surface area contributed by atoms with Crippen molar-refractivity contribution in [3.63, 3.8) is 0 Å². The Hall–Kier alpha value is -4.35. The number of nitrogens with one attached hydrogen (secondary N) is 1. The normalized spacial score (nSPS) is 11.4. The summed E-state index contributed by atoms with van der Waals surface area (Å²) in [6.45, 7) is 3.50. The van der Waals surface area contributed by atoms with Crippen LogP contribution in [0.3, 0.4) is 0 Å². The van der Waals surface area contributed by atoms with Gasteiger partial charge in [-0.25, -0.2) is 4.68 Å². The molecule has 2 aromatic carbocycles. The Balaban J connectivity index is 1.72. The van der Waals surface area contributed by atoms with Gasteiger partial charge < -0.3 is 19.2 Å². The van der Waals surface area contributed by atoms with Crippen molar-refractivity contribution in [3.05, 3.63) is 71.9 Å². The van der Waals surface area contributed by atoms with E-state index in [0.29, 0.717) is 54.5 Å². The number of para-hydroxylation sites is 2. The Morgan fingerprint density at radius 2 is 2.06 bits per heavy atom. The van der Waals surface area contributed by atoms with E-state index in [2.05, 4.69) is 5.32 Å². The van der Waals surface area contributed by atoms with E-state index in [1.54, 1.807) is 18.0 Å². The van der Waals surface area contributed by atoms with Crippen molar-refractivity contribution in [1.82, 2.24) is 15.1 Å². The van der Waals surface area contributed by atoms with Gasteiger partial charge in [0.05, 0.1) is 12.8 Å². The zero-order chi connectivity index (χ0) is 24.6. The van der Waals surface area contributed by atoms with E-state index >= 15 is 0 Å². The van der Waals surface area contributed by atoms with Gasteiger partial charge in [-0.3, -0.25) is 4.79 Å². The molecule has 8 nitrogen and oxygen atoms in total. The molecule has 0 aliphatic carbocycles. The highest BCUT2D eigenvalue weighted by Gasteiger charge is 2.19. The number of carbonyl (C=O) groups excluding carboxylic acids is 1. The number of methoxy groups -OCH3 is 1. The predicted molar refractivity (Wildman–Crippen MR) is 133 cm³/mol. The summed E-state index contributed by atoms with van der Waals surface area (Å²) in [5, 5.41) is 18.0. The van der Waals surface area contributed by atoms with E-state index in [0.717, 1.165) is 11.1 Å². The van der Waals surface area contributed by atoms with Gasteiger partial charge in [-0.1, -0.05) is 30.3 Å². The van der Waals surface area contributed by atoms with Gasteiger partial charge in [0.15, 0.2) is 17.1 Å². The summed E-state index contributed by atoms with van der Waals surface area (Å²) in [5.74, 6) is 0.658. The third-order valence-corrected chi connectivity index (χ3v) is 5.34. The first-order valence-corrected chi connectivity index (χ1v) is 11.3. The van der Waals surface area contributed by atoms with Gasteiger partial charge in [-0.15, -0.1) is 0 Å². The number of carbonyl (C=O) groups is 1. The molecule has 4 rings (SSSR count). The molecule has 178 valence electrons. The third-order valence-electron chi connectivity index (χ3n) is 5.34. The first kappa shape index (κ1) is 23.8. The second-order valence-corrected chi connectivity index (χ2v) is 7.68. The minimum atomic E-state index is -0.450. The Morgan fingerprint density at radius 1 is 1.23 bits per heavy atom. The lowest BCUT2D eigenvalue weighted by molar-refractivity contribution is -0.117. The summed E-state index contributed by atoms with van der Waals surface area (Å²) in [4.78, 5) is 12.7. The van der Waals surface area contributed by atoms with Crippen LogP contribution in [0.25, 0.3) is 34.2 Å². The molecule has 4 aromatic rings. The minimum Gasteiger partial charge on any atom is -0.493 e. The summed E-state index contributed by atoms with van der Waals surface area (Å²) >= 11 is 0. The van der Waals surface area contributed by atoms with Crippen LogP contribution in [-0.2, 0) is 9.53 Å². The van der Waals surface area contributed by atoms with Gasteiger partial charge in [-0.05, 0) is 43.7 Å². The molecule has 2 aromatic heterocycles. The maximum atomic E-state index is 12.7. The molecule has 1 amide bonds. The Kier molecular flexibility index (Phi) is 7.60. The standard InChI is InChI=1S/C27H26N4O4/c1-3-34-14-8-13-29-27(32)20(17-28)15-21-18-31(22-10-5-4-6-11-22)30-25(21)24-16-19-9-7-12-23(33-2)26(19)35-24/h4-7,9-12,15-16,18H,3,8,13-14H2,1-2H3,(H,29,32). The molecule has 0 bridgehead atoms. The average Bonchev–Trinajstić information content (AvgIpc) is 3.51. The first-order chi connectivity index (χ1) is 17.1. The minimum absolute atomic E-state index is 0.0241. The van der Waals surface area contributed by atoms with Crippen molar-refractivity contribution in [2.75, 3.05) is 26.9 Å². The van der Waals surface area contributed by atoms with Crippen molar-refractivity contribution >= 4 is 23.0 Å². The molecule has 0 aliphatic rings. The van der Waals surface area contributed by atoms with Crippen LogP contribution in [-0.4, -0.2) is 42.6 Å². The smallest absolute Gasteiger partial charge is 0.261 e. The zero-order valence-corrected chi connectivity index (χ0v) is 19.7. The predicted octanol–water partition coefficient (Wildman–Crippen LogP) is 4.74. The van der Waals surface area contributed by atoms with Gasteiger partial charge in [-0.2, -0.15) is 10.4 Å². The molecule has 0 radical (unpaired) electrons. The number of aromatic nitrogens is 2. The maximum Gasteiger partial charge on any atom is 0.261 e. The van der Waals surface area contributed by atoms with E-state index in [1.165, 1.54) is 6.08 Å². The number of hydrogen-bond donors (Lipinski definition) is 1. The molecule has 1 N–H and O–H groups in total. The first-order valence-electron chi connectivity index (χ1n) is 11.3. The number of hydrogen-bond acceptors (Lipinski definition) is 6. The number of furan rings is 1. The molecular formula is C27H26N4O4. The van der Waals surface area contributed by atoms with Crippen LogP contribution in [0.2, 0.25) is 0 Å². The lowest BCUT2D eigenvalue weighted by Crippen LogP contribution is -2.26. The van der Waals surface area contributed by atoms with E-state index in [9.17, 15) is 10.1 Å². The van der Waals surface area contributed by atoms with Gasteiger partial charge in [0.25, 0.3) is 5.91 Å². The Labute approximate surface area is 203 Å². The average molecular weight is 471 g/mol. The van der Waals surface area contributed by atoms with Crippen molar-refractivity contribution in [3.8, 4) is 29.0 Å². The fraction of sp³-hybridized carbons (Fsp3) is 0.222. The highest BCUT2D eigenvalue weighted by Crippen LogP contribution is 2.35. The molecule has 0 saturated heterocycles. The van der Waals surface area contributed by atoms with E-state index in [-0.39, 0.29) is 5.57 Å². The summed E-state index contributed by atoms with van der Waals surface area (Å²) < 4.78 is 18.5. The van der Waals surface area contributed by atoms with Crippen LogP contribution in [0.4, 0.5) is 0 Å². The Morgan fingerprint density at radius 3 is 2.80 bits per heavy atom. The van der Waals surface area contributed by atoms with E-state index in [1.807, 2.05) is 67.6 Å². The summed E-state index contributed by atoms with van der Waals surface area (Å²) in [5.41, 5.74) is 2.49. The van der Waals surface area contributed by atoms with Crippen molar-refractivity contribution < 1.29 is 18.7 Å². The fourth-order valence-electron chi connectivity index (χ4n) is 3.63. The summed E-state index contributed by atoms with van der Waals surface area (Å²) in [7, 11) is 1.58. The van der Waals surface area contributed by atoms with Crippen LogP contribution in [0.5, 0.6) is 5.75 Å². The second-order valence-electron chi connectivity index (χ2n) is 7.68. The Bertz CT molecular complexity index is 1380. The fourth-order valence-corrected chi connectivity index (χ4v) is 3.63. The summed E-state index contributed by atoms with van der Waals surface area (Å²) in [6.07, 6.45) is 3.97. The van der Waals surface area contributed by atoms with Crippen molar-refractivity contribution in [1.29, 1.82) is 5.26 Å². The second kappa shape index (κ2) is 11.2. The third kappa shape index (κ3) is 5.42. The van der Waals surface area contributed by atoms with Gasteiger partial charge in [0, 0.05) is 36.9 Å². The quantitative estimate of drug-likeness (QED) is 0.204. The molecule has 0 atom stereocenters. The van der Waals surface area contributed by atoms with Crippen molar-refractivity contribution in [2.45, 2.75) is 13.3 Å². The molecule has 2 heterocycles. The lowest BCUT2D eigenvalue weighted by atomic mass is 10.1. The number of benzene rings is 2. The topological polar surface area (TPSA) is 102 Å². The molecule has 0 saturated carbocycles.